The summed E-state index contributed by atoms with van der Waals surface area (Å²) in [6.07, 6.45) is 0. The van der Waals surface area contributed by atoms with Crippen LogP contribution in [0.25, 0.3) is 0 Å². The van der Waals surface area contributed by atoms with Crippen molar-refractivity contribution in [1.29, 1.82) is 0 Å². The number of ether oxygens (including phenoxy) is 1. The summed E-state index contributed by atoms with van der Waals surface area (Å²) in [4.78, 5) is 45.5. The van der Waals surface area contributed by atoms with Gasteiger partial charge >= 0.3 is 11.9 Å². The number of hydrogen-bond acceptors (Lipinski definition) is 7. The summed E-state index contributed by atoms with van der Waals surface area (Å²) in [5, 5.41) is 35.6. The van der Waals surface area contributed by atoms with Crippen LogP contribution in [0.5, 0.6) is 11.5 Å². The highest BCUT2D eigenvalue weighted by Gasteiger charge is 2.19. The third-order valence-corrected chi connectivity index (χ3v) is 3.37. The van der Waals surface area contributed by atoms with Crippen LogP contribution < -0.4 is 15.7 Å². The molecule has 0 aliphatic carbocycles. The number of nitrogens with one attached hydrogen (secondary N) is 2. The van der Waals surface area contributed by atoms with E-state index in [1.165, 1.54) is 23.1 Å². The van der Waals surface area contributed by atoms with Crippen LogP contribution >= 0.6 is 0 Å². The quantitative estimate of drug-likeness (QED) is 0.318. The van der Waals surface area contributed by atoms with E-state index in [0.717, 1.165) is 24.3 Å². The molecule has 0 fully saturated rings. The van der Waals surface area contributed by atoms with E-state index in [1.54, 1.807) is 0 Å². The van der Waals surface area contributed by atoms with Crippen LogP contribution in [-0.4, -0.2) is 44.4 Å². The van der Waals surface area contributed by atoms with E-state index < -0.39 is 34.9 Å². The minimum atomic E-state index is -1.46. The highest BCUT2D eigenvalue weighted by atomic mass is 16.5. The molecule has 2 amide bonds. The van der Waals surface area contributed by atoms with E-state index in [0.29, 0.717) is 0 Å². The van der Waals surface area contributed by atoms with Gasteiger partial charge in [0.25, 0.3) is 11.8 Å². The monoisotopic (exact) mass is 376 g/mol. The number of hydroxylamine groups is 2. The molecule has 0 aliphatic rings. The number of amides is 2. The average Bonchev–Trinajstić information content (AvgIpc) is 2.66. The molecule has 0 unspecified atom stereocenters. The van der Waals surface area contributed by atoms with Crippen LogP contribution in [0.15, 0.2) is 36.4 Å². The summed E-state index contributed by atoms with van der Waals surface area (Å²) < 4.78 is 5.38. The van der Waals surface area contributed by atoms with Gasteiger partial charge in [0.1, 0.15) is 11.5 Å². The van der Waals surface area contributed by atoms with Crippen molar-refractivity contribution in [3.05, 3.63) is 58.7 Å². The summed E-state index contributed by atoms with van der Waals surface area (Å²) in [6, 6.07) is 6.65. The molecule has 0 bridgehead atoms. The largest absolute Gasteiger partial charge is 0.478 e. The van der Waals surface area contributed by atoms with E-state index >= 15 is 0 Å². The summed E-state index contributed by atoms with van der Waals surface area (Å²) >= 11 is 0. The number of carboxylic acids is 2. The molecule has 0 heterocycles. The molecule has 6 N–H and O–H groups in total. The van der Waals surface area contributed by atoms with Gasteiger partial charge in [-0.15, -0.1) is 0 Å². The van der Waals surface area contributed by atoms with Gasteiger partial charge < -0.3 is 14.9 Å². The number of hydrogen-bond donors (Lipinski definition) is 6. The molecule has 0 atom stereocenters. The molecule has 27 heavy (non-hydrogen) atoms. The van der Waals surface area contributed by atoms with E-state index in [1.807, 2.05) is 0 Å². The molecule has 140 valence electrons. The van der Waals surface area contributed by atoms with Gasteiger partial charge in [-0.3, -0.25) is 20.0 Å². The summed E-state index contributed by atoms with van der Waals surface area (Å²) in [6.45, 7) is 0. The molecule has 0 saturated carbocycles. The minimum Gasteiger partial charge on any atom is -0.478 e. The molecule has 0 spiro atoms. The smallest absolute Gasteiger partial charge is 0.336 e. The van der Waals surface area contributed by atoms with E-state index in [-0.39, 0.29) is 22.6 Å². The van der Waals surface area contributed by atoms with Crippen molar-refractivity contribution in [3.63, 3.8) is 0 Å². The zero-order chi connectivity index (χ0) is 20.1. The fourth-order valence-electron chi connectivity index (χ4n) is 2.18. The number of carbonyl (C=O) groups is 4. The molecule has 2 rings (SSSR count). The Morgan fingerprint density at radius 2 is 1.04 bits per heavy atom. The van der Waals surface area contributed by atoms with Crippen LogP contribution in [0, 0.1) is 0 Å². The van der Waals surface area contributed by atoms with Gasteiger partial charge in [-0.1, -0.05) is 0 Å². The van der Waals surface area contributed by atoms with Crippen molar-refractivity contribution in [3.8, 4) is 11.5 Å². The maximum atomic E-state index is 11.5. The zero-order valence-electron chi connectivity index (χ0n) is 13.3. The lowest BCUT2D eigenvalue weighted by Crippen LogP contribution is -2.21. The van der Waals surface area contributed by atoms with Gasteiger partial charge in [0.15, 0.2) is 0 Å². The fraction of sp³-hybridized carbons (Fsp3) is 0. The lowest BCUT2D eigenvalue weighted by Gasteiger charge is -2.11. The Labute approximate surface area is 150 Å². The summed E-state index contributed by atoms with van der Waals surface area (Å²) in [5.41, 5.74) is 1.07. The van der Waals surface area contributed by atoms with Gasteiger partial charge in [0.05, 0.1) is 22.3 Å². The van der Waals surface area contributed by atoms with Crippen molar-refractivity contribution in [2.45, 2.75) is 0 Å². The first-order valence-corrected chi connectivity index (χ1v) is 7.10. The van der Waals surface area contributed by atoms with Crippen LogP contribution in [0.2, 0.25) is 0 Å². The Kier molecular flexibility index (Phi) is 5.70. The standard InChI is InChI=1S/C16H12N2O9/c19-13(17-25)9-3-1-7(5-11(9)15(21)22)27-8-2-4-10(14(20)18-26)12(6-8)16(23)24/h1-6,25-26H,(H,17,19)(H,18,20)(H,21,22)(H,23,24). The first-order valence-electron chi connectivity index (χ1n) is 7.10. The predicted molar refractivity (Wildman–Crippen MR) is 85.4 cm³/mol. The third-order valence-electron chi connectivity index (χ3n) is 3.37. The van der Waals surface area contributed by atoms with Crippen molar-refractivity contribution >= 4 is 23.8 Å². The highest BCUT2D eigenvalue weighted by molar-refractivity contribution is 6.05. The van der Waals surface area contributed by atoms with E-state index in [2.05, 4.69) is 0 Å². The minimum absolute atomic E-state index is 0.0439. The van der Waals surface area contributed by atoms with Crippen molar-refractivity contribution in [2.75, 3.05) is 0 Å². The Morgan fingerprint density at radius 1 is 0.667 bits per heavy atom. The Bertz CT molecular complexity index is 864. The van der Waals surface area contributed by atoms with E-state index in [9.17, 15) is 29.4 Å². The van der Waals surface area contributed by atoms with Crippen LogP contribution in [0.3, 0.4) is 0 Å². The lowest BCUT2D eigenvalue weighted by molar-refractivity contribution is 0.0661. The van der Waals surface area contributed by atoms with Gasteiger partial charge in [-0.05, 0) is 36.4 Å². The molecule has 0 aromatic heterocycles. The second-order valence-corrected chi connectivity index (χ2v) is 5.01. The average molecular weight is 376 g/mol. The van der Waals surface area contributed by atoms with Crippen molar-refractivity contribution in [1.82, 2.24) is 11.0 Å². The maximum Gasteiger partial charge on any atom is 0.336 e. The van der Waals surface area contributed by atoms with Gasteiger partial charge in [0, 0.05) is 0 Å². The van der Waals surface area contributed by atoms with Crippen LogP contribution in [0.1, 0.15) is 41.4 Å². The van der Waals surface area contributed by atoms with Crippen LogP contribution in [0.4, 0.5) is 0 Å². The van der Waals surface area contributed by atoms with Crippen LogP contribution in [-0.2, 0) is 0 Å². The molecule has 0 saturated heterocycles. The molecule has 11 heteroatoms. The predicted octanol–water partition coefficient (Wildman–Crippen LogP) is 1.11. The summed E-state index contributed by atoms with van der Waals surface area (Å²) in [7, 11) is 0. The Hall–Kier alpha value is -3.96. The van der Waals surface area contributed by atoms with E-state index in [4.69, 9.17) is 15.2 Å². The summed E-state index contributed by atoms with van der Waals surface area (Å²) in [5.74, 6) is -5.08. The fourth-order valence-corrected chi connectivity index (χ4v) is 2.18. The topological polar surface area (TPSA) is 182 Å². The molecular weight excluding hydrogens is 364 g/mol. The maximum absolute atomic E-state index is 11.5. The Morgan fingerprint density at radius 3 is 1.33 bits per heavy atom. The normalized spacial score (nSPS) is 10.0. The molecule has 2 aromatic carbocycles. The first-order chi connectivity index (χ1) is 12.8. The Balaban J connectivity index is 2.42. The number of aromatic carboxylic acids is 2. The first kappa shape index (κ1) is 19.4. The zero-order valence-corrected chi connectivity index (χ0v) is 13.3. The second kappa shape index (κ2) is 7.95. The third kappa shape index (κ3) is 4.18. The van der Waals surface area contributed by atoms with Crippen molar-refractivity contribution < 1.29 is 44.5 Å². The molecule has 0 aliphatic heterocycles. The number of carbonyl (C=O) groups excluding carboxylic acids is 2. The molecule has 0 radical (unpaired) electrons. The highest BCUT2D eigenvalue weighted by Crippen LogP contribution is 2.26. The number of carboxylic acid groups (broad SMARTS) is 2. The van der Waals surface area contributed by atoms with Gasteiger partial charge in [0.2, 0.25) is 0 Å². The van der Waals surface area contributed by atoms with Gasteiger partial charge in [-0.25, -0.2) is 20.5 Å². The SMILES string of the molecule is O=C(O)c1cc(Oc2ccc(C(=O)NO)c(C(=O)O)c2)ccc1C(=O)NO. The van der Waals surface area contributed by atoms with Gasteiger partial charge in [-0.2, -0.15) is 0 Å². The molecule has 11 nitrogen and oxygen atoms in total. The number of rotatable bonds is 6. The molecular formula is C16H12N2O9. The second-order valence-electron chi connectivity index (χ2n) is 5.01. The molecule has 2 aromatic rings. The number of benzene rings is 2. The van der Waals surface area contributed by atoms with Crippen molar-refractivity contribution in [2.24, 2.45) is 0 Å². The lowest BCUT2D eigenvalue weighted by atomic mass is 10.1.